The summed E-state index contributed by atoms with van der Waals surface area (Å²) < 4.78 is 0. The molecule has 0 aromatic carbocycles. The molecule has 19 heavy (non-hydrogen) atoms. The van der Waals surface area contributed by atoms with Gasteiger partial charge in [0.1, 0.15) is 0 Å². The number of thioether (sulfide) groups is 1. The van der Waals surface area contributed by atoms with Gasteiger partial charge in [-0.15, -0.1) is 0 Å². The van der Waals surface area contributed by atoms with Crippen LogP contribution in [0.5, 0.6) is 0 Å². The van der Waals surface area contributed by atoms with Gasteiger partial charge in [0.15, 0.2) is 0 Å². The number of carbonyl (C=O) groups excluding carboxylic acids is 1. The minimum absolute atomic E-state index is 0.0120. The van der Waals surface area contributed by atoms with Gasteiger partial charge >= 0.3 is 0 Å². The molecule has 0 aliphatic heterocycles. The van der Waals surface area contributed by atoms with E-state index in [2.05, 4.69) is 19.2 Å². The van der Waals surface area contributed by atoms with Crippen LogP contribution in [0.4, 0.5) is 0 Å². The fourth-order valence-electron chi connectivity index (χ4n) is 2.85. The Morgan fingerprint density at radius 1 is 1.37 bits per heavy atom. The van der Waals surface area contributed by atoms with Crippen LogP contribution in [0.15, 0.2) is 0 Å². The van der Waals surface area contributed by atoms with Crippen LogP contribution >= 0.6 is 11.8 Å². The Bertz CT molecular complexity index is 275. The predicted molar refractivity (Wildman–Crippen MR) is 84.3 cm³/mol. The van der Waals surface area contributed by atoms with Gasteiger partial charge in [-0.2, -0.15) is 11.8 Å². The minimum atomic E-state index is -0.352. The molecule has 1 aliphatic rings. The van der Waals surface area contributed by atoms with E-state index in [1.165, 1.54) is 32.1 Å². The average Bonchev–Trinajstić information content (AvgIpc) is 2.43. The topological polar surface area (TPSA) is 55.1 Å². The monoisotopic (exact) mass is 286 g/mol. The molecule has 3 nitrogen and oxygen atoms in total. The van der Waals surface area contributed by atoms with E-state index in [1.54, 1.807) is 11.8 Å². The summed E-state index contributed by atoms with van der Waals surface area (Å²) in [5, 5.41) is 3.06. The van der Waals surface area contributed by atoms with Crippen molar-refractivity contribution in [3.8, 4) is 0 Å². The third kappa shape index (κ3) is 5.74. The van der Waals surface area contributed by atoms with E-state index in [0.717, 1.165) is 24.6 Å². The lowest BCUT2D eigenvalue weighted by atomic mass is 9.71. The summed E-state index contributed by atoms with van der Waals surface area (Å²) in [7, 11) is 0. The molecule has 1 amide bonds. The van der Waals surface area contributed by atoms with Crippen molar-refractivity contribution in [2.45, 2.75) is 58.4 Å². The number of carbonyl (C=O) groups is 1. The highest BCUT2D eigenvalue weighted by atomic mass is 32.2. The number of amides is 1. The van der Waals surface area contributed by atoms with Gasteiger partial charge in [0.05, 0.1) is 6.04 Å². The van der Waals surface area contributed by atoms with Crippen LogP contribution in [-0.2, 0) is 4.79 Å². The predicted octanol–water partition coefficient (Wildman–Crippen LogP) is 2.79. The Hall–Kier alpha value is -0.220. The highest BCUT2D eigenvalue weighted by Crippen LogP contribution is 2.37. The molecule has 0 spiro atoms. The lowest BCUT2D eigenvalue weighted by Crippen LogP contribution is -2.46. The zero-order valence-electron chi connectivity index (χ0n) is 12.7. The quantitative estimate of drug-likeness (QED) is 0.756. The summed E-state index contributed by atoms with van der Waals surface area (Å²) in [5.41, 5.74) is 6.08. The van der Waals surface area contributed by atoms with Crippen molar-refractivity contribution in [3.05, 3.63) is 0 Å². The van der Waals surface area contributed by atoms with Gasteiger partial charge in [-0.25, -0.2) is 0 Å². The van der Waals surface area contributed by atoms with Crippen molar-refractivity contribution in [3.63, 3.8) is 0 Å². The second kappa shape index (κ2) is 8.15. The van der Waals surface area contributed by atoms with E-state index in [9.17, 15) is 4.79 Å². The molecule has 1 saturated carbocycles. The highest BCUT2D eigenvalue weighted by Gasteiger charge is 2.31. The number of nitrogens with two attached hydrogens (primary N) is 1. The second-order valence-electron chi connectivity index (χ2n) is 6.43. The molecule has 3 N–H and O–H groups in total. The number of hydrogen-bond acceptors (Lipinski definition) is 3. The molecule has 0 saturated heterocycles. The van der Waals surface area contributed by atoms with E-state index < -0.39 is 0 Å². The molecule has 112 valence electrons. The first kappa shape index (κ1) is 16.8. The van der Waals surface area contributed by atoms with Crippen LogP contribution in [0.3, 0.4) is 0 Å². The third-order valence-corrected chi connectivity index (χ3v) is 5.04. The average molecular weight is 286 g/mol. The van der Waals surface area contributed by atoms with Crippen LogP contribution in [0.2, 0.25) is 0 Å². The molecule has 0 aromatic heterocycles. The molecular weight excluding hydrogens is 256 g/mol. The van der Waals surface area contributed by atoms with Crippen molar-refractivity contribution < 1.29 is 4.79 Å². The van der Waals surface area contributed by atoms with Crippen LogP contribution in [0.25, 0.3) is 0 Å². The standard InChI is InChI=1S/C15H30N2OS/c1-15(2,12-7-5-4-6-8-12)11-17-14(18)13(16)9-10-19-3/h12-13H,4-11,16H2,1-3H3,(H,17,18). The second-order valence-corrected chi connectivity index (χ2v) is 7.41. The van der Waals surface area contributed by atoms with Crippen LogP contribution in [-0.4, -0.2) is 30.5 Å². The summed E-state index contributed by atoms with van der Waals surface area (Å²) in [6.45, 7) is 5.30. The van der Waals surface area contributed by atoms with E-state index >= 15 is 0 Å². The Kier molecular flexibility index (Phi) is 7.22. The molecule has 1 aliphatic carbocycles. The number of hydrogen-bond donors (Lipinski definition) is 2. The maximum atomic E-state index is 11.9. The number of nitrogens with one attached hydrogen (secondary N) is 1. The maximum Gasteiger partial charge on any atom is 0.236 e. The molecule has 1 fully saturated rings. The summed E-state index contributed by atoms with van der Waals surface area (Å²) in [6, 6.07) is -0.352. The van der Waals surface area contributed by atoms with Crippen molar-refractivity contribution in [2.75, 3.05) is 18.6 Å². The first-order valence-electron chi connectivity index (χ1n) is 7.49. The molecule has 1 rings (SSSR count). The molecule has 0 bridgehead atoms. The zero-order chi connectivity index (χ0) is 14.3. The fraction of sp³-hybridized carbons (Fsp3) is 0.933. The highest BCUT2D eigenvalue weighted by molar-refractivity contribution is 7.98. The lowest BCUT2D eigenvalue weighted by molar-refractivity contribution is -0.123. The van der Waals surface area contributed by atoms with Gasteiger partial charge in [-0.1, -0.05) is 33.1 Å². The Balaban J connectivity index is 2.34. The first-order valence-corrected chi connectivity index (χ1v) is 8.89. The van der Waals surface area contributed by atoms with Crippen molar-refractivity contribution in [1.82, 2.24) is 5.32 Å². The normalized spacial score (nSPS) is 19.2. The van der Waals surface area contributed by atoms with Gasteiger partial charge in [-0.3, -0.25) is 4.79 Å². The summed E-state index contributed by atoms with van der Waals surface area (Å²) in [5.74, 6) is 1.70. The van der Waals surface area contributed by atoms with E-state index in [-0.39, 0.29) is 17.4 Å². The summed E-state index contributed by atoms with van der Waals surface area (Å²) >= 11 is 1.73. The van der Waals surface area contributed by atoms with Gasteiger partial charge in [0, 0.05) is 6.54 Å². The van der Waals surface area contributed by atoms with Gasteiger partial charge in [0.2, 0.25) is 5.91 Å². The van der Waals surface area contributed by atoms with E-state index in [1.807, 2.05) is 6.26 Å². The Labute approximate surface area is 122 Å². The van der Waals surface area contributed by atoms with Crippen molar-refractivity contribution in [1.29, 1.82) is 0 Å². The molecule has 0 radical (unpaired) electrons. The third-order valence-electron chi connectivity index (χ3n) is 4.40. The Morgan fingerprint density at radius 3 is 2.58 bits per heavy atom. The SMILES string of the molecule is CSCCC(N)C(=O)NCC(C)(C)C1CCCCC1. The van der Waals surface area contributed by atoms with Crippen LogP contribution in [0, 0.1) is 11.3 Å². The lowest BCUT2D eigenvalue weighted by Gasteiger charge is -2.37. The van der Waals surface area contributed by atoms with Crippen molar-refractivity contribution in [2.24, 2.45) is 17.1 Å². The zero-order valence-corrected chi connectivity index (χ0v) is 13.5. The largest absolute Gasteiger partial charge is 0.354 e. The molecule has 1 atom stereocenters. The molecule has 0 heterocycles. The van der Waals surface area contributed by atoms with E-state index in [4.69, 9.17) is 5.73 Å². The van der Waals surface area contributed by atoms with Gasteiger partial charge < -0.3 is 11.1 Å². The van der Waals surface area contributed by atoms with Gasteiger partial charge in [0.25, 0.3) is 0 Å². The fourth-order valence-corrected chi connectivity index (χ4v) is 3.34. The van der Waals surface area contributed by atoms with Crippen LogP contribution < -0.4 is 11.1 Å². The number of rotatable bonds is 7. The van der Waals surface area contributed by atoms with Crippen molar-refractivity contribution >= 4 is 17.7 Å². The van der Waals surface area contributed by atoms with E-state index in [0.29, 0.717) is 0 Å². The molecule has 1 unspecified atom stereocenters. The maximum absolute atomic E-state index is 11.9. The minimum Gasteiger partial charge on any atom is -0.354 e. The molecule has 4 heteroatoms. The molecule has 0 aromatic rings. The van der Waals surface area contributed by atoms with Gasteiger partial charge in [-0.05, 0) is 42.6 Å². The van der Waals surface area contributed by atoms with Crippen LogP contribution in [0.1, 0.15) is 52.4 Å². The molecular formula is C15H30N2OS. The first-order chi connectivity index (χ1) is 8.97. The summed E-state index contributed by atoms with van der Waals surface area (Å²) in [4.78, 5) is 11.9. The smallest absolute Gasteiger partial charge is 0.236 e. The Morgan fingerprint density at radius 2 is 2.00 bits per heavy atom. The summed E-state index contributed by atoms with van der Waals surface area (Å²) in [6.07, 6.45) is 9.47.